The summed E-state index contributed by atoms with van der Waals surface area (Å²) in [5.41, 5.74) is 5.06. The van der Waals surface area contributed by atoms with Crippen molar-refractivity contribution < 1.29 is 23.9 Å². The standard InChI is InChI=1S/C35H30N2O5/c38-24-27-11-18-32(19-12-27)42-25-41-31-16-9-26(10-17-31)13-20-34(39)36-22-21-35(40)37-23-30-7-2-1-5-28(30)14-15-29-6-3-4-8-33(29)37/h1-12,16-19,24H,13,20-23,25H2,(H,36,39). The van der Waals surface area contributed by atoms with Crippen LogP contribution >= 0.6 is 0 Å². The first-order valence-electron chi connectivity index (χ1n) is 13.7. The Hall–Kier alpha value is -5.35. The van der Waals surface area contributed by atoms with Gasteiger partial charge in [-0.05, 0) is 72.1 Å². The molecule has 42 heavy (non-hydrogen) atoms. The summed E-state index contributed by atoms with van der Waals surface area (Å²) in [6.07, 6.45) is 1.84. The topological polar surface area (TPSA) is 84.9 Å². The molecule has 1 aliphatic rings. The van der Waals surface area contributed by atoms with Gasteiger partial charge in [0.05, 0.1) is 12.2 Å². The average Bonchev–Trinajstić information content (AvgIpc) is 3.02. The van der Waals surface area contributed by atoms with Gasteiger partial charge in [0.2, 0.25) is 18.6 Å². The number of rotatable bonds is 11. The number of aryl methyl sites for hydroxylation is 1. The highest BCUT2D eigenvalue weighted by Gasteiger charge is 2.21. The minimum Gasteiger partial charge on any atom is -0.458 e. The Morgan fingerprint density at radius 2 is 1.43 bits per heavy atom. The number of para-hydroxylation sites is 1. The lowest BCUT2D eigenvalue weighted by atomic mass is 10.0. The highest BCUT2D eigenvalue weighted by atomic mass is 16.7. The van der Waals surface area contributed by atoms with Crippen LogP contribution < -0.4 is 19.7 Å². The summed E-state index contributed by atoms with van der Waals surface area (Å²) in [5.74, 6) is 7.49. The smallest absolute Gasteiger partial charge is 0.230 e. The number of aldehydes is 1. The lowest BCUT2D eigenvalue weighted by Crippen LogP contribution is -2.35. The van der Waals surface area contributed by atoms with E-state index < -0.39 is 0 Å². The summed E-state index contributed by atoms with van der Waals surface area (Å²) >= 11 is 0. The fraction of sp³-hybridized carbons (Fsp3) is 0.171. The van der Waals surface area contributed by atoms with Crippen LogP contribution in [0.1, 0.15) is 45.5 Å². The number of ether oxygens (including phenoxy) is 2. The third kappa shape index (κ3) is 7.43. The number of hydrogen-bond donors (Lipinski definition) is 1. The molecule has 210 valence electrons. The maximum absolute atomic E-state index is 13.3. The van der Waals surface area contributed by atoms with Gasteiger partial charge in [-0.1, -0.05) is 54.3 Å². The monoisotopic (exact) mass is 558 g/mol. The van der Waals surface area contributed by atoms with Gasteiger partial charge in [-0.25, -0.2) is 0 Å². The predicted octanol–water partition coefficient (Wildman–Crippen LogP) is 5.30. The van der Waals surface area contributed by atoms with Crippen molar-refractivity contribution in [1.82, 2.24) is 5.32 Å². The molecule has 5 rings (SSSR count). The molecule has 2 amide bonds. The van der Waals surface area contributed by atoms with Gasteiger partial charge >= 0.3 is 0 Å². The van der Waals surface area contributed by atoms with E-state index in [4.69, 9.17) is 9.47 Å². The molecular weight excluding hydrogens is 528 g/mol. The third-order valence-corrected chi connectivity index (χ3v) is 6.87. The van der Waals surface area contributed by atoms with Gasteiger partial charge in [-0.2, -0.15) is 0 Å². The van der Waals surface area contributed by atoms with Crippen molar-refractivity contribution >= 4 is 23.8 Å². The van der Waals surface area contributed by atoms with Crippen molar-refractivity contribution in [3.63, 3.8) is 0 Å². The minimum atomic E-state index is -0.110. The lowest BCUT2D eigenvalue weighted by molar-refractivity contribution is -0.121. The van der Waals surface area contributed by atoms with Crippen molar-refractivity contribution in [2.75, 3.05) is 18.2 Å². The van der Waals surface area contributed by atoms with Crippen molar-refractivity contribution in [3.05, 3.63) is 125 Å². The zero-order valence-corrected chi connectivity index (χ0v) is 23.0. The molecule has 0 spiro atoms. The zero-order valence-electron chi connectivity index (χ0n) is 23.0. The molecule has 4 aromatic carbocycles. The molecule has 7 nitrogen and oxygen atoms in total. The molecule has 0 aliphatic carbocycles. The number of benzene rings is 4. The zero-order chi connectivity index (χ0) is 29.1. The summed E-state index contributed by atoms with van der Waals surface area (Å²) in [5, 5.41) is 2.88. The van der Waals surface area contributed by atoms with Gasteiger partial charge in [0.15, 0.2) is 0 Å². The highest BCUT2D eigenvalue weighted by Crippen LogP contribution is 2.26. The second kappa shape index (κ2) is 13.8. The minimum absolute atomic E-state index is 0.0316. The van der Waals surface area contributed by atoms with Gasteiger partial charge in [0, 0.05) is 36.1 Å². The van der Waals surface area contributed by atoms with Crippen LogP contribution in [0, 0.1) is 11.8 Å². The fourth-order valence-corrected chi connectivity index (χ4v) is 4.56. The van der Waals surface area contributed by atoms with Gasteiger partial charge in [-0.3, -0.25) is 14.4 Å². The van der Waals surface area contributed by atoms with Crippen molar-refractivity contribution in [1.29, 1.82) is 0 Å². The van der Waals surface area contributed by atoms with Crippen LogP contribution in [0.25, 0.3) is 0 Å². The average molecular weight is 559 g/mol. The number of carbonyl (C=O) groups is 3. The van der Waals surface area contributed by atoms with Crippen LogP contribution in [0.15, 0.2) is 97.1 Å². The molecule has 0 saturated carbocycles. The van der Waals surface area contributed by atoms with Crippen molar-refractivity contribution in [2.24, 2.45) is 0 Å². The summed E-state index contributed by atoms with van der Waals surface area (Å²) in [7, 11) is 0. The fourth-order valence-electron chi connectivity index (χ4n) is 4.56. The molecule has 0 unspecified atom stereocenters. The summed E-state index contributed by atoms with van der Waals surface area (Å²) < 4.78 is 11.1. The second-order valence-corrected chi connectivity index (χ2v) is 9.74. The molecule has 0 saturated heterocycles. The SMILES string of the molecule is O=Cc1ccc(OCOc2ccc(CCC(=O)NCCC(=O)N3Cc4ccccc4C#Cc4ccccc43)cc2)cc1. The Labute approximate surface area is 245 Å². The van der Waals surface area contributed by atoms with E-state index in [1.54, 1.807) is 29.2 Å². The number of fused-ring (bicyclic) bond motifs is 2. The first kappa shape index (κ1) is 28.2. The van der Waals surface area contributed by atoms with Gasteiger partial charge < -0.3 is 19.7 Å². The number of carbonyl (C=O) groups excluding carboxylic acids is 3. The molecule has 1 heterocycles. The van der Waals surface area contributed by atoms with E-state index >= 15 is 0 Å². The Bertz CT molecular complexity index is 1620. The highest BCUT2D eigenvalue weighted by molar-refractivity contribution is 5.95. The Morgan fingerprint density at radius 1 is 0.786 bits per heavy atom. The van der Waals surface area contributed by atoms with Gasteiger partial charge in [0.25, 0.3) is 0 Å². The molecule has 0 atom stereocenters. The van der Waals surface area contributed by atoms with Crippen molar-refractivity contribution in [3.8, 4) is 23.3 Å². The van der Waals surface area contributed by atoms with E-state index in [0.717, 1.165) is 34.2 Å². The molecule has 1 aliphatic heterocycles. The second-order valence-electron chi connectivity index (χ2n) is 9.74. The van der Waals surface area contributed by atoms with Crippen LogP contribution in [0.3, 0.4) is 0 Å². The van der Waals surface area contributed by atoms with Crippen LogP contribution in [-0.4, -0.2) is 31.4 Å². The normalized spacial score (nSPS) is 11.5. The Morgan fingerprint density at radius 3 is 2.17 bits per heavy atom. The Balaban J connectivity index is 1.06. The Kier molecular flexibility index (Phi) is 9.28. The van der Waals surface area contributed by atoms with Crippen LogP contribution in [0.4, 0.5) is 5.69 Å². The molecule has 0 fully saturated rings. The van der Waals surface area contributed by atoms with Crippen LogP contribution in [-0.2, 0) is 22.6 Å². The number of nitrogens with one attached hydrogen (secondary N) is 1. The summed E-state index contributed by atoms with van der Waals surface area (Å²) in [6, 6.07) is 29.7. The molecule has 0 bridgehead atoms. The molecule has 4 aromatic rings. The summed E-state index contributed by atoms with van der Waals surface area (Å²) in [6.45, 7) is 0.715. The van der Waals surface area contributed by atoms with E-state index in [0.29, 0.717) is 36.4 Å². The molecule has 1 N–H and O–H groups in total. The van der Waals surface area contributed by atoms with E-state index in [1.807, 2.05) is 72.8 Å². The number of amides is 2. The maximum Gasteiger partial charge on any atom is 0.230 e. The first-order valence-corrected chi connectivity index (χ1v) is 13.7. The number of anilines is 1. The van der Waals surface area contributed by atoms with Crippen LogP contribution in [0.5, 0.6) is 11.5 Å². The van der Waals surface area contributed by atoms with E-state index in [2.05, 4.69) is 17.2 Å². The predicted molar refractivity (Wildman–Crippen MR) is 160 cm³/mol. The van der Waals surface area contributed by atoms with Crippen LogP contribution in [0.2, 0.25) is 0 Å². The lowest BCUT2D eigenvalue weighted by Gasteiger charge is -2.26. The number of nitrogens with zero attached hydrogens (tertiary/aromatic N) is 1. The quantitative estimate of drug-likeness (QED) is 0.153. The van der Waals surface area contributed by atoms with Gasteiger partial charge in [-0.15, -0.1) is 0 Å². The molecule has 0 aromatic heterocycles. The van der Waals surface area contributed by atoms with E-state index in [9.17, 15) is 14.4 Å². The summed E-state index contributed by atoms with van der Waals surface area (Å²) in [4.78, 5) is 38.3. The molecule has 7 heteroatoms. The van der Waals surface area contributed by atoms with Gasteiger partial charge in [0.1, 0.15) is 17.8 Å². The van der Waals surface area contributed by atoms with E-state index in [-0.39, 0.29) is 31.6 Å². The largest absolute Gasteiger partial charge is 0.458 e. The maximum atomic E-state index is 13.3. The first-order chi connectivity index (χ1) is 20.6. The third-order valence-electron chi connectivity index (χ3n) is 6.87. The van der Waals surface area contributed by atoms with Crippen molar-refractivity contribution in [2.45, 2.75) is 25.8 Å². The molecular formula is C35H30N2O5. The van der Waals surface area contributed by atoms with E-state index in [1.165, 1.54) is 0 Å². The molecule has 0 radical (unpaired) electrons. The number of hydrogen-bond acceptors (Lipinski definition) is 5.